The molecule has 0 aliphatic heterocycles. The number of aldehydes is 1. The second kappa shape index (κ2) is 9.00. The Hall–Kier alpha value is -2.40. The molecule has 0 bridgehead atoms. The largest absolute Gasteiger partial charge is 0.497 e. The summed E-state index contributed by atoms with van der Waals surface area (Å²) in [5.74, 6) is 2.36. The molecule has 2 rings (SSSR count). The van der Waals surface area contributed by atoms with Crippen molar-refractivity contribution in [1.29, 1.82) is 0 Å². The lowest BCUT2D eigenvalue weighted by Gasteiger charge is -2.23. The molecule has 6 heteroatoms. The summed E-state index contributed by atoms with van der Waals surface area (Å²) in [5, 5.41) is 0.316. The molecule has 2 aromatic carbocycles. The third-order valence-corrected chi connectivity index (χ3v) is 4.25. The lowest BCUT2D eigenvalue weighted by Crippen LogP contribution is -2.16. The Labute approximate surface area is 165 Å². The highest BCUT2D eigenvalue weighted by Gasteiger charge is 2.20. The minimum Gasteiger partial charge on any atom is -0.497 e. The van der Waals surface area contributed by atoms with Crippen LogP contribution >= 0.6 is 11.6 Å². The molecular weight excluding hydrogens is 368 g/mol. The third kappa shape index (κ3) is 5.30. The maximum absolute atomic E-state index is 10.9. The average molecular weight is 393 g/mol. The summed E-state index contributed by atoms with van der Waals surface area (Å²) in [6, 6.07) is 8.86. The van der Waals surface area contributed by atoms with Crippen LogP contribution in [0.3, 0.4) is 0 Å². The molecule has 0 atom stereocenters. The zero-order chi connectivity index (χ0) is 20.0. The Morgan fingerprint density at radius 1 is 0.963 bits per heavy atom. The van der Waals surface area contributed by atoms with Crippen LogP contribution in [0.25, 0.3) is 0 Å². The second-order valence-electron chi connectivity index (χ2n) is 6.96. The molecule has 0 unspecified atom stereocenters. The molecule has 0 fully saturated rings. The summed E-state index contributed by atoms with van der Waals surface area (Å²) in [7, 11) is 3.14. The van der Waals surface area contributed by atoms with Gasteiger partial charge in [-0.1, -0.05) is 32.4 Å². The van der Waals surface area contributed by atoms with Crippen LogP contribution in [0.4, 0.5) is 0 Å². The molecule has 0 saturated carbocycles. The van der Waals surface area contributed by atoms with E-state index in [-0.39, 0.29) is 12.0 Å². The van der Waals surface area contributed by atoms with Crippen molar-refractivity contribution in [3.05, 3.63) is 46.5 Å². The number of ether oxygens (including phenoxy) is 4. The Morgan fingerprint density at radius 3 is 2.26 bits per heavy atom. The fourth-order valence-electron chi connectivity index (χ4n) is 2.59. The molecule has 0 saturated heterocycles. The molecule has 0 spiro atoms. The highest BCUT2D eigenvalue weighted by atomic mass is 35.5. The van der Waals surface area contributed by atoms with E-state index in [1.54, 1.807) is 13.2 Å². The molecule has 2 aromatic rings. The number of benzene rings is 2. The van der Waals surface area contributed by atoms with Crippen LogP contribution in [0.15, 0.2) is 30.3 Å². The molecule has 0 N–H and O–H groups in total. The van der Waals surface area contributed by atoms with Gasteiger partial charge in [-0.3, -0.25) is 4.79 Å². The molecular formula is C21H25ClO5. The SMILES string of the molecule is COc1ccc(OCCOc2c(Cl)cc(C=O)cc2OC)c(C(C)(C)C)c1. The Kier molecular flexibility index (Phi) is 6.97. The number of carbonyl (C=O) groups is 1. The van der Waals surface area contributed by atoms with Crippen LogP contribution < -0.4 is 18.9 Å². The predicted octanol–water partition coefficient (Wildman–Crippen LogP) is 4.93. The van der Waals surface area contributed by atoms with Gasteiger partial charge < -0.3 is 18.9 Å². The van der Waals surface area contributed by atoms with E-state index in [4.69, 9.17) is 30.5 Å². The predicted molar refractivity (Wildman–Crippen MR) is 106 cm³/mol. The first-order valence-corrected chi connectivity index (χ1v) is 8.94. The highest BCUT2D eigenvalue weighted by Crippen LogP contribution is 2.36. The molecule has 27 heavy (non-hydrogen) atoms. The molecule has 0 aromatic heterocycles. The minimum atomic E-state index is -0.0953. The van der Waals surface area contributed by atoms with Crippen molar-refractivity contribution in [2.45, 2.75) is 26.2 Å². The monoisotopic (exact) mass is 392 g/mol. The van der Waals surface area contributed by atoms with Crippen LogP contribution in [0.1, 0.15) is 36.7 Å². The van der Waals surface area contributed by atoms with Crippen molar-refractivity contribution < 1.29 is 23.7 Å². The number of carbonyl (C=O) groups excluding carboxylic acids is 1. The van der Waals surface area contributed by atoms with Gasteiger partial charge in [-0.05, 0) is 35.7 Å². The Morgan fingerprint density at radius 2 is 1.67 bits per heavy atom. The molecule has 5 nitrogen and oxygen atoms in total. The fourth-order valence-corrected chi connectivity index (χ4v) is 2.86. The van der Waals surface area contributed by atoms with Crippen molar-refractivity contribution in [2.75, 3.05) is 27.4 Å². The van der Waals surface area contributed by atoms with Crippen molar-refractivity contribution >= 4 is 17.9 Å². The minimum absolute atomic E-state index is 0.0953. The zero-order valence-corrected chi connectivity index (χ0v) is 17.1. The summed E-state index contributed by atoms with van der Waals surface area (Å²) in [4.78, 5) is 10.9. The Bertz CT molecular complexity index is 796. The van der Waals surface area contributed by atoms with Crippen LogP contribution in [-0.2, 0) is 5.41 Å². The van der Waals surface area contributed by atoms with Crippen LogP contribution in [-0.4, -0.2) is 33.7 Å². The summed E-state index contributed by atoms with van der Waals surface area (Å²) in [6.07, 6.45) is 0.707. The normalized spacial score (nSPS) is 11.0. The van der Waals surface area contributed by atoms with E-state index in [1.807, 2.05) is 18.2 Å². The van der Waals surface area contributed by atoms with Crippen molar-refractivity contribution in [2.24, 2.45) is 0 Å². The van der Waals surface area contributed by atoms with Gasteiger partial charge in [-0.25, -0.2) is 0 Å². The molecule has 0 aliphatic rings. The molecule has 146 valence electrons. The van der Waals surface area contributed by atoms with Gasteiger partial charge in [0.2, 0.25) is 0 Å². The van der Waals surface area contributed by atoms with Crippen molar-refractivity contribution in [1.82, 2.24) is 0 Å². The zero-order valence-electron chi connectivity index (χ0n) is 16.3. The van der Waals surface area contributed by atoms with Crippen LogP contribution in [0, 0.1) is 0 Å². The summed E-state index contributed by atoms with van der Waals surface area (Å²) in [6.45, 7) is 6.94. The van der Waals surface area contributed by atoms with E-state index in [9.17, 15) is 4.79 Å². The van der Waals surface area contributed by atoms with E-state index in [0.29, 0.717) is 35.0 Å². The number of halogens is 1. The quantitative estimate of drug-likeness (QED) is 0.471. The van der Waals surface area contributed by atoms with Gasteiger partial charge in [0.1, 0.15) is 31.0 Å². The first kappa shape index (κ1) is 20.9. The van der Waals surface area contributed by atoms with Crippen LogP contribution in [0.5, 0.6) is 23.0 Å². The van der Waals surface area contributed by atoms with E-state index in [0.717, 1.165) is 17.1 Å². The van der Waals surface area contributed by atoms with Crippen LogP contribution in [0.2, 0.25) is 5.02 Å². The van der Waals surface area contributed by atoms with E-state index < -0.39 is 0 Å². The van der Waals surface area contributed by atoms with Gasteiger partial charge in [0.15, 0.2) is 11.5 Å². The fraction of sp³-hybridized carbons (Fsp3) is 0.381. The Balaban J connectivity index is 2.07. The highest BCUT2D eigenvalue weighted by molar-refractivity contribution is 6.32. The van der Waals surface area contributed by atoms with Gasteiger partial charge in [0.25, 0.3) is 0 Å². The van der Waals surface area contributed by atoms with E-state index in [2.05, 4.69) is 20.8 Å². The lowest BCUT2D eigenvalue weighted by atomic mass is 9.86. The van der Waals surface area contributed by atoms with Crippen molar-refractivity contribution in [3.63, 3.8) is 0 Å². The topological polar surface area (TPSA) is 54.0 Å². The third-order valence-electron chi connectivity index (χ3n) is 3.97. The van der Waals surface area contributed by atoms with Gasteiger partial charge >= 0.3 is 0 Å². The lowest BCUT2D eigenvalue weighted by molar-refractivity contribution is 0.112. The van der Waals surface area contributed by atoms with Gasteiger partial charge in [-0.2, -0.15) is 0 Å². The molecule has 0 aliphatic carbocycles. The van der Waals surface area contributed by atoms with Gasteiger partial charge in [0, 0.05) is 11.1 Å². The first-order valence-electron chi connectivity index (χ1n) is 8.57. The summed E-state index contributed by atoms with van der Waals surface area (Å²) < 4.78 is 22.2. The molecule has 0 heterocycles. The molecule has 0 amide bonds. The summed E-state index contributed by atoms with van der Waals surface area (Å²) in [5.41, 5.74) is 1.38. The van der Waals surface area contributed by atoms with E-state index in [1.165, 1.54) is 13.2 Å². The maximum Gasteiger partial charge on any atom is 0.179 e. The number of hydrogen-bond acceptors (Lipinski definition) is 5. The average Bonchev–Trinajstić information content (AvgIpc) is 2.64. The second-order valence-corrected chi connectivity index (χ2v) is 7.37. The van der Waals surface area contributed by atoms with Gasteiger partial charge in [-0.15, -0.1) is 0 Å². The van der Waals surface area contributed by atoms with Gasteiger partial charge in [0.05, 0.1) is 19.2 Å². The number of rotatable bonds is 8. The summed E-state index contributed by atoms with van der Waals surface area (Å²) >= 11 is 6.19. The molecule has 0 radical (unpaired) electrons. The van der Waals surface area contributed by atoms with E-state index >= 15 is 0 Å². The smallest absolute Gasteiger partial charge is 0.179 e. The standard InChI is InChI=1S/C21H25ClO5/c1-21(2,3)16-12-15(24-4)6-7-18(16)26-8-9-27-20-17(22)10-14(13-23)11-19(20)25-5/h6-7,10-13H,8-9H2,1-5H3. The van der Waals surface area contributed by atoms with Crippen molar-refractivity contribution in [3.8, 4) is 23.0 Å². The maximum atomic E-state index is 10.9. The number of hydrogen-bond donors (Lipinski definition) is 0. The number of methoxy groups -OCH3 is 2. The first-order chi connectivity index (χ1) is 12.8.